The number of likely N-dealkylation sites (N-methyl/N-ethyl adjacent to an activating group) is 1. The predicted octanol–water partition coefficient (Wildman–Crippen LogP) is 3.07. The molecule has 0 radical (unpaired) electrons. The maximum atomic E-state index is 6.22. The molecule has 1 aromatic rings. The van der Waals surface area contributed by atoms with Crippen LogP contribution in [0.25, 0.3) is 0 Å². The average molecular weight is 266 g/mol. The van der Waals surface area contributed by atoms with Gasteiger partial charge in [-0.1, -0.05) is 24.3 Å². The number of thioether (sulfide) groups is 1. The van der Waals surface area contributed by atoms with Crippen LogP contribution in [0, 0.1) is 6.92 Å². The number of aryl methyl sites for hydroxylation is 1. The normalized spacial score (nSPS) is 16.6. The van der Waals surface area contributed by atoms with Gasteiger partial charge < -0.3 is 5.73 Å². The number of nitrogens with two attached hydrogens (primary N) is 1. The summed E-state index contributed by atoms with van der Waals surface area (Å²) >= 11 is 1.88. The molecule has 0 amide bonds. The SMILES string of the molecule is CSCC(C)N(C)C(c1ccccc1C)C(C)N. The Bertz CT molecular complexity index is 365. The van der Waals surface area contributed by atoms with Crippen LogP contribution in [0.15, 0.2) is 24.3 Å². The second-order valence-electron chi connectivity index (χ2n) is 5.13. The van der Waals surface area contributed by atoms with Gasteiger partial charge in [-0.3, -0.25) is 4.90 Å². The Morgan fingerprint density at radius 2 is 1.89 bits per heavy atom. The van der Waals surface area contributed by atoms with E-state index < -0.39 is 0 Å². The Balaban J connectivity index is 3.00. The van der Waals surface area contributed by atoms with Crippen molar-refractivity contribution in [1.82, 2.24) is 4.90 Å². The molecule has 0 saturated heterocycles. The first kappa shape index (κ1) is 15.5. The fourth-order valence-electron chi connectivity index (χ4n) is 2.43. The Labute approximate surface area is 116 Å². The van der Waals surface area contributed by atoms with Crippen molar-refractivity contribution in [3.8, 4) is 0 Å². The molecule has 102 valence electrons. The third-order valence-corrected chi connectivity index (χ3v) is 4.36. The molecule has 3 atom stereocenters. The Kier molecular flexibility index (Phi) is 6.19. The molecular weight excluding hydrogens is 240 g/mol. The fourth-order valence-corrected chi connectivity index (χ4v) is 3.14. The van der Waals surface area contributed by atoms with E-state index in [-0.39, 0.29) is 12.1 Å². The second kappa shape index (κ2) is 7.17. The summed E-state index contributed by atoms with van der Waals surface area (Å²) in [5.74, 6) is 1.13. The van der Waals surface area contributed by atoms with Gasteiger partial charge in [0.2, 0.25) is 0 Å². The minimum absolute atomic E-state index is 0.125. The van der Waals surface area contributed by atoms with Crippen molar-refractivity contribution in [1.29, 1.82) is 0 Å². The van der Waals surface area contributed by atoms with Crippen LogP contribution < -0.4 is 5.73 Å². The molecule has 18 heavy (non-hydrogen) atoms. The zero-order chi connectivity index (χ0) is 13.7. The van der Waals surface area contributed by atoms with Gasteiger partial charge in [0, 0.05) is 23.9 Å². The molecule has 2 nitrogen and oxygen atoms in total. The van der Waals surface area contributed by atoms with Gasteiger partial charge in [-0.15, -0.1) is 0 Å². The van der Waals surface area contributed by atoms with Gasteiger partial charge in [-0.05, 0) is 45.2 Å². The predicted molar refractivity (Wildman–Crippen MR) is 83.2 cm³/mol. The molecule has 3 heteroatoms. The van der Waals surface area contributed by atoms with E-state index in [1.54, 1.807) is 0 Å². The lowest BCUT2D eigenvalue weighted by molar-refractivity contribution is 0.178. The lowest BCUT2D eigenvalue weighted by Gasteiger charge is -2.36. The minimum Gasteiger partial charge on any atom is -0.326 e. The lowest BCUT2D eigenvalue weighted by atomic mass is 9.94. The maximum absolute atomic E-state index is 6.22. The van der Waals surface area contributed by atoms with Crippen molar-refractivity contribution in [3.05, 3.63) is 35.4 Å². The topological polar surface area (TPSA) is 29.3 Å². The summed E-state index contributed by atoms with van der Waals surface area (Å²) in [4.78, 5) is 2.41. The third-order valence-electron chi connectivity index (χ3n) is 3.55. The first-order valence-corrected chi connectivity index (χ1v) is 7.90. The van der Waals surface area contributed by atoms with Crippen molar-refractivity contribution >= 4 is 11.8 Å². The molecule has 1 aromatic carbocycles. The van der Waals surface area contributed by atoms with Crippen LogP contribution in [-0.4, -0.2) is 36.0 Å². The number of nitrogens with zero attached hydrogens (tertiary/aromatic N) is 1. The van der Waals surface area contributed by atoms with E-state index in [4.69, 9.17) is 5.73 Å². The van der Waals surface area contributed by atoms with Gasteiger partial charge in [0.25, 0.3) is 0 Å². The molecule has 0 saturated carbocycles. The second-order valence-corrected chi connectivity index (χ2v) is 6.04. The Morgan fingerprint density at radius 1 is 1.28 bits per heavy atom. The average Bonchev–Trinajstić information content (AvgIpc) is 2.31. The van der Waals surface area contributed by atoms with Gasteiger partial charge in [0.05, 0.1) is 0 Å². The van der Waals surface area contributed by atoms with E-state index in [0.717, 1.165) is 5.75 Å². The summed E-state index contributed by atoms with van der Waals surface area (Å²) in [7, 11) is 2.18. The highest BCUT2D eigenvalue weighted by Crippen LogP contribution is 2.27. The zero-order valence-electron chi connectivity index (χ0n) is 12.2. The molecule has 3 unspecified atom stereocenters. The summed E-state index contributed by atoms with van der Waals surface area (Å²) in [5, 5.41) is 0. The largest absolute Gasteiger partial charge is 0.326 e. The summed E-state index contributed by atoms with van der Waals surface area (Å²) in [6.07, 6.45) is 2.15. The highest BCUT2D eigenvalue weighted by Gasteiger charge is 2.25. The van der Waals surface area contributed by atoms with Gasteiger partial charge in [-0.25, -0.2) is 0 Å². The molecule has 0 fully saturated rings. The smallest absolute Gasteiger partial charge is 0.0499 e. The standard InChI is InChI=1S/C15H26N2S/c1-11-8-6-7-9-14(11)15(13(3)16)17(4)12(2)10-18-5/h6-9,12-13,15H,10,16H2,1-5H3. The number of hydrogen-bond donors (Lipinski definition) is 1. The van der Waals surface area contributed by atoms with Crippen molar-refractivity contribution in [2.24, 2.45) is 5.73 Å². The van der Waals surface area contributed by atoms with Crippen LogP contribution in [0.1, 0.15) is 31.0 Å². The lowest BCUT2D eigenvalue weighted by Crippen LogP contribution is -2.43. The van der Waals surface area contributed by atoms with Crippen LogP contribution in [-0.2, 0) is 0 Å². The molecule has 0 aliphatic rings. The van der Waals surface area contributed by atoms with E-state index in [0.29, 0.717) is 6.04 Å². The molecule has 0 bridgehead atoms. The highest BCUT2D eigenvalue weighted by molar-refractivity contribution is 7.98. The highest BCUT2D eigenvalue weighted by atomic mass is 32.2. The number of hydrogen-bond acceptors (Lipinski definition) is 3. The first-order chi connectivity index (χ1) is 8.49. The van der Waals surface area contributed by atoms with E-state index in [9.17, 15) is 0 Å². The van der Waals surface area contributed by atoms with Crippen LogP contribution in [0.5, 0.6) is 0 Å². The van der Waals surface area contributed by atoms with Gasteiger partial charge in [0.15, 0.2) is 0 Å². The van der Waals surface area contributed by atoms with Crippen LogP contribution >= 0.6 is 11.8 Å². The Hall–Kier alpha value is -0.510. The van der Waals surface area contributed by atoms with Gasteiger partial charge in [0.1, 0.15) is 0 Å². The molecule has 0 aliphatic carbocycles. The van der Waals surface area contributed by atoms with E-state index in [2.05, 4.69) is 63.2 Å². The summed E-state index contributed by atoms with van der Waals surface area (Å²) < 4.78 is 0. The summed E-state index contributed by atoms with van der Waals surface area (Å²) in [6.45, 7) is 6.53. The first-order valence-electron chi connectivity index (χ1n) is 6.51. The van der Waals surface area contributed by atoms with Gasteiger partial charge in [-0.2, -0.15) is 11.8 Å². The van der Waals surface area contributed by atoms with Crippen molar-refractivity contribution in [2.75, 3.05) is 19.1 Å². The fraction of sp³-hybridized carbons (Fsp3) is 0.600. The molecule has 0 aromatic heterocycles. The van der Waals surface area contributed by atoms with Crippen LogP contribution in [0.4, 0.5) is 0 Å². The van der Waals surface area contributed by atoms with E-state index in [1.165, 1.54) is 11.1 Å². The van der Waals surface area contributed by atoms with Crippen molar-refractivity contribution in [2.45, 2.75) is 38.9 Å². The molecular formula is C15H26N2S. The van der Waals surface area contributed by atoms with Crippen molar-refractivity contribution in [3.63, 3.8) is 0 Å². The van der Waals surface area contributed by atoms with E-state index in [1.807, 2.05) is 11.8 Å². The zero-order valence-corrected chi connectivity index (χ0v) is 13.0. The third kappa shape index (κ3) is 3.74. The monoisotopic (exact) mass is 266 g/mol. The molecule has 2 N–H and O–H groups in total. The maximum Gasteiger partial charge on any atom is 0.0499 e. The number of rotatable bonds is 6. The van der Waals surface area contributed by atoms with Crippen LogP contribution in [0.2, 0.25) is 0 Å². The van der Waals surface area contributed by atoms with Crippen molar-refractivity contribution < 1.29 is 0 Å². The Morgan fingerprint density at radius 3 is 2.39 bits per heavy atom. The summed E-state index contributed by atoms with van der Waals surface area (Å²) in [5.41, 5.74) is 8.90. The molecule has 1 rings (SSSR count). The van der Waals surface area contributed by atoms with E-state index >= 15 is 0 Å². The minimum atomic E-state index is 0.125. The molecule has 0 heterocycles. The van der Waals surface area contributed by atoms with Gasteiger partial charge >= 0.3 is 0 Å². The molecule has 0 spiro atoms. The number of benzene rings is 1. The van der Waals surface area contributed by atoms with Crippen LogP contribution in [0.3, 0.4) is 0 Å². The molecule has 0 aliphatic heterocycles. The quantitative estimate of drug-likeness (QED) is 0.858. The summed E-state index contributed by atoms with van der Waals surface area (Å²) in [6, 6.07) is 9.49.